The van der Waals surface area contributed by atoms with E-state index >= 15 is 0 Å². The molecule has 2 rings (SSSR count). The number of hydrogen-bond donors (Lipinski definition) is 1. The van der Waals surface area contributed by atoms with Crippen molar-refractivity contribution in [2.75, 3.05) is 6.61 Å². The van der Waals surface area contributed by atoms with Gasteiger partial charge in [0.15, 0.2) is 5.75 Å². The van der Waals surface area contributed by atoms with E-state index in [0.29, 0.717) is 17.9 Å². The van der Waals surface area contributed by atoms with Gasteiger partial charge in [0, 0.05) is 16.1 Å². The standard InChI is InChI=1S/C18H18BrN3O4/c1-3-26-17-9-6-14(11-16(17)22(24)25)12(2)20-21-18(23)10-13-4-7-15(19)8-5-13/h4-9,11H,3,10H2,1-2H3,(H,21,23)/b20-12+. The van der Waals surface area contributed by atoms with Gasteiger partial charge >= 0.3 is 5.69 Å². The fraction of sp³-hybridized carbons (Fsp3) is 0.222. The number of nitrogens with one attached hydrogen (secondary N) is 1. The molecule has 26 heavy (non-hydrogen) atoms. The van der Waals surface area contributed by atoms with E-state index in [-0.39, 0.29) is 23.8 Å². The molecule has 0 heterocycles. The summed E-state index contributed by atoms with van der Waals surface area (Å²) in [5, 5.41) is 15.2. The molecular weight excluding hydrogens is 402 g/mol. The molecule has 7 nitrogen and oxygen atoms in total. The van der Waals surface area contributed by atoms with Crippen molar-refractivity contribution in [2.45, 2.75) is 20.3 Å². The lowest BCUT2D eigenvalue weighted by atomic mass is 10.1. The first-order chi connectivity index (χ1) is 12.4. The number of halogens is 1. The topological polar surface area (TPSA) is 93.8 Å². The maximum atomic E-state index is 12.0. The highest BCUT2D eigenvalue weighted by atomic mass is 79.9. The van der Waals surface area contributed by atoms with Crippen molar-refractivity contribution in [3.8, 4) is 5.75 Å². The molecule has 0 radical (unpaired) electrons. The Morgan fingerprint density at radius 1 is 1.27 bits per heavy atom. The van der Waals surface area contributed by atoms with Crippen molar-refractivity contribution in [1.29, 1.82) is 0 Å². The van der Waals surface area contributed by atoms with Crippen LogP contribution in [-0.4, -0.2) is 23.1 Å². The molecule has 2 aromatic carbocycles. The third kappa shape index (κ3) is 5.38. The van der Waals surface area contributed by atoms with Crippen molar-refractivity contribution in [3.63, 3.8) is 0 Å². The van der Waals surface area contributed by atoms with Crippen LogP contribution in [0, 0.1) is 10.1 Å². The monoisotopic (exact) mass is 419 g/mol. The molecule has 0 aliphatic heterocycles. The van der Waals surface area contributed by atoms with Gasteiger partial charge in [-0.3, -0.25) is 14.9 Å². The van der Waals surface area contributed by atoms with Crippen LogP contribution >= 0.6 is 15.9 Å². The SMILES string of the molecule is CCOc1ccc(/C(C)=N/NC(=O)Cc2ccc(Br)cc2)cc1[N+](=O)[O-]. The number of ether oxygens (including phenoxy) is 1. The zero-order valence-corrected chi connectivity index (χ0v) is 15.9. The molecule has 8 heteroatoms. The number of hydrazone groups is 1. The third-order valence-electron chi connectivity index (χ3n) is 3.50. The highest BCUT2D eigenvalue weighted by Gasteiger charge is 2.16. The maximum Gasteiger partial charge on any atom is 0.311 e. The largest absolute Gasteiger partial charge is 0.487 e. The van der Waals surface area contributed by atoms with Gasteiger partial charge in [-0.05, 0) is 43.7 Å². The summed E-state index contributed by atoms with van der Waals surface area (Å²) in [6, 6.07) is 12.0. The molecule has 0 spiro atoms. The Morgan fingerprint density at radius 2 is 1.96 bits per heavy atom. The molecule has 0 atom stereocenters. The molecule has 136 valence electrons. The Balaban J connectivity index is 2.08. The predicted octanol–water partition coefficient (Wildman–Crippen LogP) is 3.84. The molecule has 2 aromatic rings. The molecule has 0 saturated heterocycles. The van der Waals surface area contributed by atoms with Crippen molar-refractivity contribution >= 4 is 33.2 Å². The lowest BCUT2D eigenvalue weighted by Crippen LogP contribution is -2.21. The number of carbonyl (C=O) groups is 1. The average Bonchev–Trinajstić information content (AvgIpc) is 2.62. The van der Waals surface area contributed by atoms with Crippen LogP contribution in [0.1, 0.15) is 25.0 Å². The summed E-state index contributed by atoms with van der Waals surface area (Å²) in [7, 11) is 0. The number of nitro groups is 1. The van der Waals surface area contributed by atoms with Gasteiger partial charge in [-0.15, -0.1) is 0 Å². The zero-order chi connectivity index (χ0) is 19.1. The Bertz CT molecular complexity index is 835. The van der Waals surface area contributed by atoms with Crippen LogP contribution in [0.3, 0.4) is 0 Å². The van der Waals surface area contributed by atoms with Crippen LogP contribution in [0.15, 0.2) is 52.0 Å². The van der Waals surface area contributed by atoms with E-state index in [4.69, 9.17) is 4.74 Å². The van der Waals surface area contributed by atoms with E-state index < -0.39 is 4.92 Å². The Kier molecular flexibility index (Phi) is 6.85. The number of benzene rings is 2. The molecule has 0 unspecified atom stereocenters. The van der Waals surface area contributed by atoms with E-state index in [0.717, 1.165) is 10.0 Å². The van der Waals surface area contributed by atoms with Crippen molar-refractivity contribution in [2.24, 2.45) is 5.10 Å². The van der Waals surface area contributed by atoms with Crippen LogP contribution in [0.25, 0.3) is 0 Å². The fourth-order valence-corrected chi connectivity index (χ4v) is 2.46. The normalized spacial score (nSPS) is 11.1. The second-order valence-electron chi connectivity index (χ2n) is 5.41. The highest BCUT2D eigenvalue weighted by molar-refractivity contribution is 9.10. The minimum atomic E-state index is -0.506. The Morgan fingerprint density at radius 3 is 2.58 bits per heavy atom. The number of nitro benzene ring substituents is 1. The van der Waals surface area contributed by atoms with E-state index in [1.807, 2.05) is 24.3 Å². The van der Waals surface area contributed by atoms with Gasteiger partial charge in [-0.1, -0.05) is 28.1 Å². The summed E-state index contributed by atoms with van der Waals surface area (Å²) in [5.41, 5.74) is 4.18. The van der Waals surface area contributed by atoms with E-state index in [9.17, 15) is 14.9 Å². The van der Waals surface area contributed by atoms with Gasteiger partial charge in [-0.2, -0.15) is 5.10 Å². The number of carbonyl (C=O) groups excluding carboxylic acids is 1. The number of nitrogens with zero attached hydrogens (tertiary/aromatic N) is 2. The van der Waals surface area contributed by atoms with Crippen LogP contribution < -0.4 is 10.2 Å². The highest BCUT2D eigenvalue weighted by Crippen LogP contribution is 2.28. The minimum absolute atomic E-state index is 0.139. The van der Waals surface area contributed by atoms with Gasteiger partial charge in [0.2, 0.25) is 5.91 Å². The molecule has 0 aliphatic rings. The molecule has 0 saturated carbocycles. The second-order valence-corrected chi connectivity index (χ2v) is 6.32. The first-order valence-electron chi connectivity index (χ1n) is 7.90. The van der Waals surface area contributed by atoms with Crippen molar-refractivity contribution < 1.29 is 14.5 Å². The van der Waals surface area contributed by atoms with Crippen molar-refractivity contribution in [3.05, 3.63) is 68.2 Å². The van der Waals surface area contributed by atoms with E-state index in [1.165, 1.54) is 12.1 Å². The van der Waals surface area contributed by atoms with Gasteiger partial charge in [-0.25, -0.2) is 5.43 Å². The van der Waals surface area contributed by atoms with E-state index in [2.05, 4.69) is 26.5 Å². The zero-order valence-electron chi connectivity index (χ0n) is 14.4. The van der Waals surface area contributed by atoms with Crippen LogP contribution in [0.5, 0.6) is 5.75 Å². The summed E-state index contributed by atoms with van der Waals surface area (Å²) in [4.78, 5) is 22.7. The summed E-state index contributed by atoms with van der Waals surface area (Å²) >= 11 is 3.34. The molecule has 0 bridgehead atoms. The lowest BCUT2D eigenvalue weighted by Gasteiger charge is -2.07. The number of hydrogen-bond acceptors (Lipinski definition) is 5. The Labute approximate surface area is 159 Å². The molecule has 1 N–H and O–H groups in total. The quantitative estimate of drug-likeness (QED) is 0.419. The molecule has 0 aliphatic carbocycles. The Hall–Kier alpha value is -2.74. The maximum absolute atomic E-state index is 12.0. The molecular formula is C18H18BrN3O4. The molecule has 1 amide bonds. The number of amides is 1. The van der Waals surface area contributed by atoms with Crippen LogP contribution in [-0.2, 0) is 11.2 Å². The summed E-state index contributed by atoms with van der Waals surface area (Å²) in [6.07, 6.45) is 0.188. The van der Waals surface area contributed by atoms with E-state index in [1.54, 1.807) is 19.9 Å². The second kappa shape index (κ2) is 9.10. The summed E-state index contributed by atoms with van der Waals surface area (Å²) in [6.45, 7) is 3.75. The van der Waals surface area contributed by atoms with Crippen LogP contribution in [0.2, 0.25) is 0 Å². The van der Waals surface area contributed by atoms with Gasteiger partial charge in [0.05, 0.1) is 23.7 Å². The molecule has 0 fully saturated rings. The summed E-state index contributed by atoms with van der Waals surface area (Å²) in [5.74, 6) is -0.0690. The van der Waals surface area contributed by atoms with Gasteiger partial charge in [0.25, 0.3) is 0 Å². The number of rotatable bonds is 7. The first kappa shape index (κ1) is 19.6. The van der Waals surface area contributed by atoms with Gasteiger partial charge in [0.1, 0.15) is 0 Å². The minimum Gasteiger partial charge on any atom is -0.487 e. The average molecular weight is 420 g/mol. The van der Waals surface area contributed by atoms with Crippen LogP contribution in [0.4, 0.5) is 5.69 Å². The third-order valence-corrected chi connectivity index (χ3v) is 4.03. The summed E-state index contributed by atoms with van der Waals surface area (Å²) < 4.78 is 6.19. The predicted molar refractivity (Wildman–Crippen MR) is 102 cm³/mol. The van der Waals surface area contributed by atoms with Crippen molar-refractivity contribution in [1.82, 2.24) is 5.43 Å². The first-order valence-corrected chi connectivity index (χ1v) is 8.69. The molecule has 0 aromatic heterocycles. The van der Waals surface area contributed by atoms with Gasteiger partial charge < -0.3 is 4.74 Å². The lowest BCUT2D eigenvalue weighted by molar-refractivity contribution is -0.385. The fourth-order valence-electron chi connectivity index (χ4n) is 2.20. The smallest absolute Gasteiger partial charge is 0.311 e.